The number of hydrogen-bond donors (Lipinski definition) is 1. The molecule has 1 aliphatic heterocycles. The van der Waals surface area contributed by atoms with E-state index in [2.05, 4.69) is 35.6 Å². The molecule has 0 saturated carbocycles. The van der Waals surface area contributed by atoms with Crippen molar-refractivity contribution in [2.45, 2.75) is 51.6 Å². The number of nitrogens with one attached hydrogen (secondary N) is 1. The Morgan fingerprint density at radius 2 is 2.07 bits per heavy atom. The van der Waals surface area contributed by atoms with Crippen LogP contribution in [0.3, 0.4) is 0 Å². The van der Waals surface area contributed by atoms with Crippen LogP contribution >= 0.6 is 11.8 Å². The monoisotopic (exact) mass is 387 g/mol. The van der Waals surface area contributed by atoms with Crippen LogP contribution in [0.1, 0.15) is 42.5 Å². The van der Waals surface area contributed by atoms with Gasteiger partial charge in [-0.3, -0.25) is 9.59 Å². The van der Waals surface area contributed by atoms with Crippen molar-refractivity contribution in [3.05, 3.63) is 35.2 Å². The maximum Gasteiger partial charge on any atom is 0.262 e. The van der Waals surface area contributed by atoms with Gasteiger partial charge in [0.05, 0.1) is 16.6 Å². The molecule has 3 rings (SSSR count). The van der Waals surface area contributed by atoms with E-state index in [1.807, 2.05) is 13.8 Å². The van der Waals surface area contributed by atoms with Gasteiger partial charge in [-0.15, -0.1) is 0 Å². The highest BCUT2D eigenvalue weighted by Crippen LogP contribution is 2.32. The fraction of sp³-hybridized carbons (Fsp3) is 0.450. The summed E-state index contributed by atoms with van der Waals surface area (Å²) >= 11 is 1.47. The predicted molar refractivity (Wildman–Crippen MR) is 107 cm³/mol. The first-order valence-corrected chi connectivity index (χ1v) is 9.95. The first kappa shape index (κ1) is 19.5. The Labute approximate surface area is 163 Å². The topological polar surface area (TPSA) is 73.2 Å². The molecule has 27 heavy (non-hydrogen) atoms. The molecule has 0 unspecified atom stereocenters. The number of ether oxygens (including phenoxy) is 1. The van der Waals surface area contributed by atoms with E-state index >= 15 is 0 Å². The number of imidazole rings is 1. The summed E-state index contributed by atoms with van der Waals surface area (Å²) in [5, 5.41) is 3.32. The summed E-state index contributed by atoms with van der Waals surface area (Å²) in [7, 11) is 0. The van der Waals surface area contributed by atoms with Crippen molar-refractivity contribution >= 4 is 29.1 Å². The highest BCUT2D eigenvalue weighted by atomic mass is 32.2. The van der Waals surface area contributed by atoms with Crippen LogP contribution in [0.5, 0.6) is 5.75 Å². The summed E-state index contributed by atoms with van der Waals surface area (Å²) in [6, 6.07) is 5.16. The lowest BCUT2D eigenvalue weighted by molar-refractivity contribution is -0.118. The van der Waals surface area contributed by atoms with Crippen molar-refractivity contribution in [1.82, 2.24) is 9.55 Å². The number of Topliss-reactive ketones (excluding diaryl/α,β-unsaturated/α-hetero) is 1. The van der Waals surface area contributed by atoms with Gasteiger partial charge in [-0.1, -0.05) is 25.6 Å². The number of rotatable bonds is 6. The smallest absolute Gasteiger partial charge is 0.262 e. The number of benzene rings is 1. The van der Waals surface area contributed by atoms with Crippen molar-refractivity contribution in [3.63, 3.8) is 0 Å². The lowest BCUT2D eigenvalue weighted by Crippen LogP contribution is -2.25. The van der Waals surface area contributed by atoms with Crippen molar-refractivity contribution in [2.24, 2.45) is 5.92 Å². The van der Waals surface area contributed by atoms with E-state index in [1.54, 1.807) is 18.2 Å². The number of ketones is 1. The van der Waals surface area contributed by atoms with Gasteiger partial charge in [0.15, 0.2) is 17.5 Å². The number of thioether (sulfide) groups is 1. The molecule has 6 nitrogen and oxygen atoms in total. The molecular weight excluding hydrogens is 362 g/mol. The van der Waals surface area contributed by atoms with Crippen LogP contribution in [0.25, 0.3) is 0 Å². The van der Waals surface area contributed by atoms with Gasteiger partial charge < -0.3 is 14.6 Å². The lowest BCUT2D eigenvalue weighted by atomic mass is 10.1. The number of hydrogen-bond acceptors (Lipinski definition) is 5. The molecule has 2 heterocycles. The van der Waals surface area contributed by atoms with E-state index in [-0.39, 0.29) is 23.5 Å². The number of anilines is 1. The molecule has 1 aromatic carbocycles. The second-order valence-corrected chi connectivity index (χ2v) is 8.55. The standard InChI is InChI=1S/C20H25N3O3S/c1-11(2)9-23-13(4)12(3)21-20(23)27-14(5)19(25)15-6-7-17-16(8-15)22-18(24)10-26-17/h6-8,11,14H,9-10H2,1-5H3,(H,22,24)/t14-/m0/s1. The normalized spacial score (nSPS) is 14.5. The highest BCUT2D eigenvalue weighted by molar-refractivity contribution is 8.00. The zero-order chi connectivity index (χ0) is 19.7. The number of amides is 1. The first-order chi connectivity index (χ1) is 12.8. The molecule has 1 aromatic heterocycles. The molecule has 1 aliphatic rings. The summed E-state index contributed by atoms with van der Waals surface area (Å²) in [6.45, 7) is 11.2. The number of aromatic nitrogens is 2. The molecule has 1 amide bonds. The minimum Gasteiger partial charge on any atom is -0.482 e. The molecule has 0 bridgehead atoms. The third kappa shape index (κ3) is 4.18. The van der Waals surface area contributed by atoms with Gasteiger partial charge in [-0.25, -0.2) is 4.98 Å². The second kappa shape index (κ2) is 7.76. The summed E-state index contributed by atoms with van der Waals surface area (Å²) in [4.78, 5) is 29.1. The molecule has 144 valence electrons. The van der Waals surface area contributed by atoms with E-state index in [0.717, 1.165) is 23.1 Å². The Morgan fingerprint density at radius 3 is 2.78 bits per heavy atom. The van der Waals surface area contributed by atoms with E-state index in [1.165, 1.54) is 11.8 Å². The lowest BCUT2D eigenvalue weighted by Gasteiger charge is -2.19. The average molecular weight is 388 g/mol. The third-order valence-corrected chi connectivity index (χ3v) is 5.61. The Bertz CT molecular complexity index is 889. The van der Waals surface area contributed by atoms with Gasteiger partial charge in [-0.05, 0) is 44.9 Å². The van der Waals surface area contributed by atoms with Crippen molar-refractivity contribution in [3.8, 4) is 5.75 Å². The minimum absolute atomic E-state index is 0.00275. The molecule has 7 heteroatoms. The number of fused-ring (bicyclic) bond motifs is 1. The maximum absolute atomic E-state index is 12.9. The van der Waals surface area contributed by atoms with Gasteiger partial charge in [0.1, 0.15) is 5.75 Å². The number of aryl methyl sites for hydroxylation is 1. The largest absolute Gasteiger partial charge is 0.482 e. The van der Waals surface area contributed by atoms with E-state index in [9.17, 15) is 9.59 Å². The molecule has 2 aromatic rings. The molecular formula is C20H25N3O3S. The van der Waals surface area contributed by atoms with Gasteiger partial charge in [-0.2, -0.15) is 0 Å². The fourth-order valence-corrected chi connectivity index (χ4v) is 4.06. The van der Waals surface area contributed by atoms with E-state index in [0.29, 0.717) is 22.9 Å². The highest BCUT2D eigenvalue weighted by Gasteiger charge is 2.23. The summed E-state index contributed by atoms with van der Waals surface area (Å²) in [5.74, 6) is 0.866. The summed E-state index contributed by atoms with van der Waals surface area (Å²) < 4.78 is 7.54. The van der Waals surface area contributed by atoms with Gasteiger partial charge in [0.2, 0.25) is 0 Å². The van der Waals surface area contributed by atoms with Gasteiger partial charge in [0.25, 0.3) is 5.91 Å². The van der Waals surface area contributed by atoms with Crippen LogP contribution < -0.4 is 10.1 Å². The zero-order valence-electron chi connectivity index (χ0n) is 16.3. The van der Waals surface area contributed by atoms with Gasteiger partial charge >= 0.3 is 0 Å². The van der Waals surface area contributed by atoms with Crippen LogP contribution in [0.15, 0.2) is 23.4 Å². The molecule has 0 aliphatic carbocycles. The third-order valence-electron chi connectivity index (χ3n) is 4.52. The number of nitrogens with zero attached hydrogens (tertiary/aromatic N) is 2. The molecule has 1 atom stereocenters. The van der Waals surface area contributed by atoms with Crippen LogP contribution in [0, 0.1) is 19.8 Å². The molecule has 0 fully saturated rings. The Balaban J connectivity index is 1.80. The summed E-state index contributed by atoms with van der Waals surface area (Å²) in [5.41, 5.74) is 3.23. The summed E-state index contributed by atoms with van der Waals surface area (Å²) in [6.07, 6.45) is 0. The number of carbonyl (C=O) groups excluding carboxylic acids is 2. The SMILES string of the molecule is Cc1nc(S[C@@H](C)C(=O)c2ccc3c(c2)NC(=O)CO3)n(CC(C)C)c1C. The first-order valence-electron chi connectivity index (χ1n) is 9.07. The second-order valence-electron chi connectivity index (χ2n) is 7.24. The Kier molecular flexibility index (Phi) is 5.60. The molecule has 0 saturated heterocycles. The maximum atomic E-state index is 12.9. The van der Waals surface area contributed by atoms with E-state index < -0.39 is 0 Å². The Morgan fingerprint density at radius 1 is 1.33 bits per heavy atom. The van der Waals surface area contributed by atoms with Gasteiger partial charge in [0, 0.05) is 17.8 Å². The Hall–Kier alpha value is -2.28. The van der Waals surface area contributed by atoms with Crippen LogP contribution in [-0.4, -0.2) is 33.1 Å². The molecule has 0 spiro atoms. The zero-order valence-corrected chi connectivity index (χ0v) is 17.1. The average Bonchev–Trinajstić information content (AvgIpc) is 2.87. The number of carbonyl (C=O) groups is 2. The van der Waals surface area contributed by atoms with Crippen molar-refractivity contribution in [2.75, 3.05) is 11.9 Å². The quantitative estimate of drug-likeness (QED) is 0.602. The van der Waals surface area contributed by atoms with E-state index in [4.69, 9.17) is 4.74 Å². The van der Waals surface area contributed by atoms with Crippen molar-refractivity contribution < 1.29 is 14.3 Å². The minimum atomic E-state index is -0.296. The molecule has 1 N–H and O–H groups in total. The predicted octanol–water partition coefficient (Wildman–Crippen LogP) is 3.85. The van der Waals surface area contributed by atoms with Crippen LogP contribution in [0.4, 0.5) is 5.69 Å². The van der Waals surface area contributed by atoms with Crippen LogP contribution in [0.2, 0.25) is 0 Å². The van der Waals surface area contributed by atoms with Crippen LogP contribution in [-0.2, 0) is 11.3 Å². The fourth-order valence-electron chi connectivity index (χ4n) is 2.98. The molecule has 0 radical (unpaired) electrons. The van der Waals surface area contributed by atoms with Crippen molar-refractivity contribution in [1.29, 1.82) is 0 Å².